The van der Waals surface area contributed by atoms with Crippen molar-refractivity contribution in [3.63, 3.8) is 0 Å². The van der Waals surface area contributed by atoms with E-state index in [1.807, 2.05) is 24.5 Å². The SMILES string of the molecule is Cc1cc(C)c(CNc2nc(-c3ccc(OC(=O)N4CCNCC4)nc3)nc3c2ncn3C2CCCCO2)c(=O)[nH]1. The molecule has 0 aromatic carbocycles. The third-order valence-electron chi connectivity index (χ3n) is 7.38. The van der Waals surface area contributed by atoms with E-state index >= 15 is 0 Å². The van der Waals surface area contributed by atoms with Gasteiger partial charge in [-0.05, 0) is 50.8 Å². The van der Waals surface area contributed by atoms with Crippen LogP contribution in [-0.4, -0.2) is 73.3 Å². The van der Waals surface area contributed by atoms with Crippen LogP contribution >= 0.6 is 0 Å². The van der Waals surface area contributed by atoms with Gasteiger partial charge in [-0.25, -0.2) is 24.7 Å². The van der Waals surface area contributed by atoms with Gasteiger partial charge < -0.3 is 30.0 Å². The Hall–Kier alpha value is -4.36. The summed E-state index contributed by atoms with van der Waals surface area (Å²) in [6, 6.07) is 5.34. The smallest absolute Gasteiger partial charge is 0.391 e. The van der Waals surface area contributed by atoms with Crippen LogP contribution in [0.15, 0.2) is 35.5 Å². The summed E-state index contributed by atoms with van der Waals surface area (Å²) >= 11 is 0. The van der Waals surface area contributed by atoms with Gasteiger partial charge in [0.25, 0.3) is 5.56 Å². The van der Waals surface area contributed by atoms with E-state index in [2.05, 4.69) is 25.6 Å². The standard InChI is InChI=1S/C28H33N9O4/c1-17-13-18(2)33-27(38)20(17)15-31-25-23-26(37(16-32-23)22-5-3-4-12-40-22)35-24(34-25)19-6-7-21(30-14-19)41-28(39)36-10-8-29-9-11-36/h6-7,13-14,16,22,29H,3-5,8-12,15H2,1-2H3,(H,33,38)(H,31,34,35). The highest BCUT2D eigenvalue weighted by Crippen LogP contribution is 2.30. The van der Waals surface area contributed by atoms with Crippen LogP contribution in [0.1, 0.15) is 42.3 Å². The molecule has 13 heteroatoms. The maximum atomic E-state index is 12.6. The number of amides is 1. The molecule has 2 fully saturated rings. The Labute approximate surface area is 236 Å². The lowest BCUT2D eigenvalue weighted by molar-refractivity contribution is -0.0298. The van der Waals surface area contributed by atoms with Crippen molar-refractivity contribution in [2.45, 2.75) is 45.9 Å². The predicted octanol–water partition coefficient (Wildman–Crippen LogP) is 2.91. The highest BCUT2D eigenvalue weighted by molar-refractivity contribution is 5.85. The molecular weight excluding hydrogens is 526 g/mol. The van der Waals surface area contributed by atoms with Gasteiger partial charge in [-0.15, -0.1) is 0 Å². The lowest BCUT2D eigenvalue weighted by Gasteiger charge is -2.26. The minimum atomic E-state index is -0.423. The molecule has 4 aromatic heterocycles. The van der Waals surface area contributed by atoms with E-state index < -0.39 is 6.09 Å². The van der Waals surface area contributed by atoms with E-state index in [-0.39, 0.29) is 24.2 Å². The van der Waals surface area contributed by atoms with Crippen molar-refractivity contribution in [1.82, 2.24) is 39.7 Å². The van der Waals surface area contributed by atoms with Crippen LogP contribution in [0.25, 0.3) is 22.6 Å². The zero-order valence-corrected chi connectivity index (χ0v) is 23.1. The van der Waals surface area contributed by atoms with Crippen molar-refractivity contribution in [1.29, 1.82) is 0 Å². The van der Waals surface area contributed by atoms with Crippen molar-refractivity contribution >= 4 is 23.1 Å². The second-order valence-electron chi connectivity index (χ2n) is 10.3. The fraction of sp³-hybridized carbons (Fsp3) is 0.429. The first-order chi connectivity index (χ1) is 20.0. The van der Waals surface area contributed by atoms with Crippen LogP contribution < -0.4 is 20.9 Å². The number of hydrogen-bond acceptors (Lipinski definition) is 10. The molecular formula is C28H33N9O4. The molecule has 0 radical (unpaired) electrons. The summed E-state index contributed by atoms with van der Waals surface area (Å²) in [4.78, 5) is 48.2. The molecule has 13 nitrogen and oxygen atoms in total. The Bertz CT molecular complexity index is 1600. The Morgan fingerprint density at radius 1 is 1.17 bits per heavy atom. The van der Waals surface area contributed by atoms with Gasteiger partial charge in [0, 0.05) is 68.4 Å². The molecule has 2 aliphatic heterocycles. The Morgan fingerprint density at radius 3 is 2.76 bits per heavy atom. The lowest BCUT2D eigenvalue weighted by Crippen LogP contribution is -2.47. The van der Waals surface area contributed by atoms with Gasteiger partial charge in [0.15, 0.2) is 22.8 Å². The van der Waals surface area contributed by atoms with Crippen molar-refractivity contribution < 1.29 is 14.3 Å². The summed E-state index contributed by atoms with van der Waals surface area (Å²) in [7, 11) is 0. The molecule has 2 saturated heterocycles. The van der Waals surface area contributed by atoms with Crippen LogP contribution in [-0.2, 0) is 11.3 Å². The van der Waals surface area contributed by atoms with Crippen molar-refractivity contribution in [3.05, 3.63) is 57.9 Å². The van der Waals surface area contributed by atoms with Crippen LogP contribution in [0.3, 0.4) is 0 Å². The first-order valence-electron chi connectivity index (χ1n) is 13.9. The fourth-order valence-electron chi connectivity index (χ4n) is 5.17. The Kier molecular flexibility index (Phi) is 7.61. The number of H-pyrrole nitrogens is 1. The van der Waals surface area contributed by atoms with Gasteiger partial charge in [0.1, 0.15) is 6.23 Å². The lowest BCUT2D eigenvalue weighted by atomic mass is 10.1. The number of nitrogens with zero attached hydrogens (tertiary/aromatic N) is 6. The summed E-state index contributed by atoms with van der Waals surface area (Å²) in [6.07, 6.45) is 5.66. The number of piperazine rings is 1. The zero-order valence-electron chi connectivity index (χ0n) is 23.1. The Balaban J connectivity index is 1.31. The largest absolute Gasteiger partial charge is 0.416 e. The molecule has 6 heterocycles. The minimum absolute atomic E-state index is 0.142. The van der Waals surface area contributed by atoms with Crippen molar-refractivity contribution in [3.8, 4) is 17.3 Å². The van der Waals surface area contributed by atoms with Crippen LogP contribution in [0.5, 0.6) is 5.88 Å². The van der Waals surface area contributed by atoms with E-state index in [0.29, 0.717) is 53.6 Å². The summed E-state index contributed by atoms with van der Waals surface area (Å²) in [5.41, 5.74) is 4.02. The van der Waals surface area contributed by atoms with Gasteiger partial charge in [-0.1, -0.05) is 0 Å². The number of aromatic nitrogens is 6. The van der Waals surface area contributed by atoms with Crippen molar-refractivity contribution in [2.75, 3.05) is 38.1 Å². The first-order valence-corrected chi connectivity index (χ1v) is 13.9. The monoisotopic (exact) mass is 559 g/mol. The maximum Gasteiger partial charge on any atom is 0.416 e. The molecule has 1 amide bonds. The van der Waals surface area contributed by atoms with Gasteiger partial charge in [-0.2, -0.15) is 0 Å². The summed E-state index contributed by atoms with van der Waals surface area (Å²) in [5, 5.41) is 6.53. The number of rotatable bonds is 6. The number of hydrogen-bond donors (Lipinski definition) is 3. The number of aryl methyl sites for hydroxylation is 2. The second kappa shape index (κ2) is 11.6. The van der Waals surface area contributed by atoms with E-state index in [1.165, 1.54) is 0 Å². The number of imidazole rings is 1. The summed E-state index contributed by atoms with van der Waals surface area (Å²) in [5.74, 6) is 1.11. The first kappa shape index (κ1) is 26.8. The van der Waals surface area contributed by atoms with Gasteiger partial charge in [0.2, 0.25) is 5.88 Å². The number of carbonyl (C=O) groups is 1. The van der Waals surface area contributed by atoms with Gasteiger partial charge in [-0.3, -0.25) is 9.36 Å². The fourth-order valence-corrected chi connectivity index (χ4v) is 5.17. The van der Waals surface area contributed by atoms with Crippen molar-refractivity contribution in [2.24, 2.45) is 0 Å². The van der Waals surface area contributed by atoms with Crippen LogP contribution in [0, 0.1) is 13.8 Å². The molecule has 2 aliphatic rings. The normalized spacial score (nSPS) is 17.5. The number of carbonyl (C=O) groups excluding carboxylic acids is 1. The summed E-state index contributed by atoms with van der Waals surface area (Å²) in [6.45, 7) is 7.37. The van der Waals surface area contributed by atoms with Crippen LogP contribution in [0.4, 0.5) is 10.6 Å². The molecule has 214 valence electrons. The molecule has 41 heavy (non-hydrogen) atoms. The molecule has 6 rings (SSSR count). The molecule has 0 spiro atoms. The Morgan fingerprint density at radius 2 is 2.02 bits per heavy atom. The topological polar surface area (TPSA) is 152 Å². The predicted molar refractivity (Wildman–Crippen MR) is 152 cm³/mol. The number of anilines is 1. The molecule has 0 bridgehead atoms. The van der Waals surface area contributed by atoms with Crippen LogP contribution in [0.2, 0.25) is 0 Å². The number of pyridine rings is 2. The quantitative estimate of drug-likeness (QED) is 0.321. The zero-order chi connectivity index (χ0) is 28.3. The maximum absolute atomic E-state index is 12.6. The molecule has 3 N–H and O–H groups in total. The van der Waals surface area contributed by atoms with Gasteiger partial charge >= 0.3 is 6.09 Å². The highest BCUT2D eigenvalue weighted by atomic mass is 16.6. The summed E-state index contributed by atoms with van der Waals surface area (Å²) < 4.78 is 13.4. The highest BCUT2D eigenvalue weighted by Gasteiger charge is 2.23. The molecule has 0 aliphatic carbocycles. The minimum Gasteiger partial charge on any atom is -0.391 e. The third-order valence-corrected chi connectivity index (χ3v) is 7.38. The third kappa shape index (κ3) is 5.77. The molecule has 0 saturated carbocycles. The van der Waals surface area contributed by atoms with E-state index in [0.717, 1.165) is 43.6 Å². The number of fused-ring (bicyclic) bond motifs is 1. The average Bonchev–Trinajstić information content (AvgIpc) is 3.42. The number of aromatic amines is 1. The van der Waals surface area contributed by atoms with E-state index in [9.17, 15) is 9.59 Å². The van der Waals surface area contributed by atoms with E-state index in [1.54, 1.807) is 29.6 Å². The average molecular weight is 560 g/mol. The second-order valence-corrected chi connectivity index (χ2v) is 10.3. The molecule has 1 unspecified atom stereocenters. The van der Waals surface area contributed by atoms with Gasteiger partial charge in [0.05, 0.1) is 6.33 Å². The number of ether oxygens (including phenoxy) is 2. The van der Waals surface area contributed by atoms with E-state index in [4.69, 9.17) is 19.4 Å². The molecule has 4 aromatic rings. The molecule has 1 atom stereocenters. The number of nitrogens with one attached hydrogen (secondary N) is 3.